The van der Waals surface area contributed by atoms with E-state index >= 15 is 0 Å². The molecule has 6 nitrogen and oxygen atoms in total. The largest absolute Gasteiger partial charge is 0.369 e. The lowest BCUT2D eigenvalue weighted by Gasteiger charge is -2.21. The maximum absolute atomic E-state index is 7.90. The minimum Gasteiger partial charge on any atom is -0.369 e. The molecule has 0 spiro atoms. The summed E-state index contributed by atoms with van der Waals surface area (Å²) in [4.78, 5) is 4.87. The van der Waals surface area contributed by atoms with Gasteiger partial charge >= 0.3 is 0 Å². The van der Waals surface area contributed by atoms with Gasteiger partial charge in [0.05, 0.1) is 5.69 Å². The van der Waals surface area contributed by atoms with Gasteiger partial charge < -0.3 is 11.1 Å². The van der Waals surface area contributed by atoms with Gasteiger partial charge in [0.1, 0.15) is 0 Å². The van der Waals surface area contributed by atoms with E-state index in [-0.39, 0.29) is 5.96 Å². The van der Waals surface area contributed by atoms with Crippen molar-refractivity contribution in [2.75, 3.05) is 5.32 Å². The molecule has 0 heterocycles. The predicted molar refractivity (Wildman–Crippen MR) is 131 cm³/mol. The highest BCUT2D eigenvalue weighted by atomic mass is 15.5. The van der Waals surface area contributed by atoms with Gasteiger partial charge in [-0.1, -0.05) is 48.5 Å². The molecule has 0 fully saturated rings. The van der Waals surface area contributed by atoms with Crippen molar-refractivity contribution in [3.05, 3.63) is 82.9 Å². The number of hydrazine groups is 1. The fourth-order valence-corrected chi connectivity index (χ4v) is 5.18. The summed E-state index contributed by atoms with van der Waals surface area (Å²) in [6.07, 6.45) is 4.24. The van der Waals surface area contributed by atoms with E-state index in [1.165, 1.54) is 33.0 Å². The van der Waals surface area contributed by atoms with Crippen LogP contribution in [0, 0.1) is 5.41 Å². The average Bonchev–Trinajstić information content (AvgIpc) is 3.42. The third-order valence-corrected chi connectivity index (χ3v) is 6.69. The number of aryl methyl sites for hydroxylation is 4. The van der Waals surface area contributed by atoms with Gasteiger partial charge in [0.15, 0.2) is 0 Å². The molecule has 0 saturated carbocycles. The molecule has 4 aromatic carbocycles. The first-order valence-electron chi connectivity index (χ1n) is 10.9. The molecular weight excluding hydrogens is 396 g/mol. The molecule has 6 rings (SSSR count). The van der Waals surface area contributed by atoms with E-state index in [9.17, 15) is 0 Å². The Labute approximate surface area is 186 Å². The molecule has 0 radical (unpaired) electrons. The molecule has 0 aliphatic heterocycles. The number of aliphatic imine (C=N–C) groups is 1. The van der Waals surface area contributed by atoms with Crippen molar-refractivity contribution < 1.29 is 0 Å². The van der Waals surface area contributed by atoms with Crippen LogP contribution in [0.5, 0.6) is 0 Å². The third kappa shape index (κ3) is 2.84. The van der Waals surface area contributed by atoms with E-state index in [0.29, 0.717) is 5.96 Å². The Morgan fingerprint density at radius 3 is 2.00 bits per heavy atom. The summed E-state index contributed by atoms with van der Waals surface area (Å²) in [6.45, 7) is 0. The highest BCUT2D eigenvalue weighted by molar-refractivity contribution is 6.11. The summed E-state index contributed by atoms with van der Waals surface area (Å²) in [5.41, 5.74) is 12.9. The van der Waals surface area contributed by atoms with Gasteiger partial charge in [0.25, 0.3) is 0 Å². The van der Waals surface area contributed by atoms with Crippen LogP contribution in [-0.4, -0.2) is 16.9 Å². The number of benzene rings is 4. The molecule has 6 N–H and O–H groups in total. The molecule has 0 atom stereocenters. The zero-order valence-electron chi connectivity index (χ0n) is 17.7. The maximum Gasteiger partial charge on any atom is 0.225 e. The van der Waals surface area contributed by atoms with Crippen molar-refractivity contribution in [3.63, 3.8) is 0 Å². The van der Waals surface area contributed by atoms with Crippen molar-refractivity contribution in [1.82, 2.24) is 5.01 Å². The van der Waals surface area contributed by atoms with Gasteiger partial charge in [-0.3, -0.25) is 5.41 Å². The molecule has 0 amide bonds. The number of hydrogen-bond donors (Lipinski definition) is 4. The summed E-state index contributed by atoms with van der Waals surface area (Å²) in [7, 11) is 0. The normalized spacial score (nSPS) is 14.3. The van der Waals surface area contributed by atoms with Crippen LogP contribution in [0.4, 0.5) is 11.4 Å². The molecule has 0 saturated heterocycles. The lowest BCUT2D eigenvalue weighted by atomic mass is 10.0. The summed E-state index contributed by atoms with van der Waals surface area (Å²) in [6, 6.07) is 21.1. The second-order valence-electron chi connectivity index (χ2n) is 8.51. The van der Waals surface area contributed by atoms with Crippen molar-refractivity contribution in [3.8, 4) is 0 Å². The van der Waals surface area contributed by atoms with Crippen LogP contribution in [0.3, 0.4) is 0 Å². The molecule has 32 heavy (non-hydrogen) atoms. The Kier molecular flexibility index (Phi) is 4.16. The van der Waals surface area contributed by atoms with Crippen LogP contribution < -0.4 is 16.9 Å². The van der Waals surface area contributed by atoms with E-state index < -0.39 is 0 Å². The number of anilines is 1. The van der Waals surface area contributed by atoms with Crippen molar-refractivity contribution in [2.45, 2.75) is 25.7 Å². The first-order chi connectivity index (χ1) is 15.6. The topological polar surface area (TPSA) is 104 Å². The van der Waals surface area contributed by atoms with Crippen LogP contribution >= 0.6 is 0 Å². The Bertz CT molecular complexity index is 1430. The smallest absolute Gasteiger partial charge is 0.225 e. The van der Waals surface area contributed by atoms with Crippen molar-refractivity contribution in [1.29, 1.82) is 5.41 Å². The number of nitrogens with zero attached hydrogens (tertiary/aromatic N) is 2. The Morgan fingerprint density at radius 1 is 0.781 bits per heavy atom. The number of hydrogen-bond acceptors (Lipinski definition) is 3. The quantitative estimate of drug-likeness (QED) is 0.167. The first kappa shape index (κ1) is 18.8. The van der Waals surface area contributed by atoms with Crippen LogP contribution in [0.15, 0.2) is 65.7 Å². The minimum absolute atomic E-state index is 0.284. The molecule has 4 aromatic rings. The van der Waals surface area contributed by atoms with Gasteiger partial charge in [0, 0.05) is 16.5 Å². The van der Waals surface area contributed by atoms with Crippen molar-refractivity contribution >= 4 is 44.8 Å². The summed E-state index contributed by atoms with van der Waals surface area (Å²) < 4.78 is 0. The van der Waals surface area contributed by atoms with E-state index in [2.05, 4.69) is 59.9 Å². The van der Waals surface area contributed by atoms with E-state index in [1.807, 2.05) is 6.07 Å². The van der Waals surface area contributed by atoms with Gasteiger partial charge in [-0.2, -0.15) is 0 Å². The molecule has 2 aliphatic carbocycles. The van der Waals surface area contributed by atoms with Crippen LogP contribution in [-0.2, 0) is 25.7 Å². The van der Waals surface area contributed by atoms with Gasteiger partial charge in [0.2, 0.25) is 11.9 Å². The van der Waals surface area contributed by atoms with E-state index in [0.717, 1.165) is 52.8 Å². The second-order valence-corrected chi connectivity index (χ2v) is 8.51. The highest BCUT2D eigenvalue weighted by Crippen LogP contribution is 2.37. The lowest BCUT2D eigenvalue weighted by molar-refractivity contribution is 0.638. The van der Waals surface area contributed by atoms with Gasteiger partial charge in [-0.15, -0.1) is 0 Å². The van der Waals surface area contributed by atoms with Crippen LogP contribution in [0.25, 0.3) is 21.5 Å². The van der Waals surface area contributed by atoms with Crippen LogP contribution in [0.2, 0.25) is 0 Å². The molecule has 0 unspecified atom stereocenters. The Balaban J connectivity index is 1.50. The highest BCUT2D eigenvalue weighted by Gasteiger charge is 2.20. The average molecular weight is 421 g/mol. The molecule has 6 heteroatoms. The fourth-order valence-electron chi connectivity index (χ4n) is 5.18. The number of guanidine groups is 2. The van der Waals surface area contributed by atoms with Gasteiger partial charge in [-0.25, -0.2) is 15.8 Å². The minimum atomic E-state index is -0.284. The summed E-state index contributed by atoms with van der Waals surface area (Å²) in [5, 5.41) is 17.2. The Hall–Kier alpha value is -3.90. The third-order valence-electron chi connectivity index (χ3n) is 6.69. The lowest BCUT2D eigenvalue weighted by Crippen LogP contribution is -2.49. The zero-order valence-corrected chi connectivity index (χ0v) is 17.7. The monoisotopic (exact) mass is 420 g/mol. The van der Waals surface area contributed by atoms with Crippen molar-refractivity contribution in [2.24, 2.45) is 16.6 Å². The molecule has 0 aromatic heterocycles. The molecule has 2 aliphatic rings. The standard InChI is InChI=1S/C26H24N6/c27-25(28)32(29)26(30-21-13-11-17-9-7-15-3-1-5-19(21)23(15)17)31-22-14-12-18-10-8-16-4-2-6-20(22)24(16)18/h1-6,11-14H,7-10,29H2,(H3,27,28)(H,30,31). The van der Waals surface area contributed by atoms with Gasteiger partial charge in [-0.05, 0) is 70.8 Å². The molecule has 158 valence electrons. The molecule has 0 bridgehead atoms. The number of nitrogens with two attached hydrogens (primary N) is 2. The van der Waals surface area contributed by atoms with E-state index in [4.69, 9.17) is 22.0 Å². The second kappa shape index (κ2) is 7.07. The SMILES string of the molecule is N=C(N)N(N)C(=Nc1ccc2c3c(cccc13)CC2)Nc1ccc2c3c(cccc13)CC2. The first-order valence-corrected chi connectivity index (χ1v) is 10.9. The Morgan fingerprint density at radius 2 is 1.34 bits per heavy atom. The summed E-state index contributed by atoms with van der Waals surface area (Å²) >= 11 is 0. The summed E-state index contributed by atoms with van der Waals surface area (Å²) in [5.74, 6) is 6.21. The van der Waals surface area contributed by atoms with E-state index in [1.54, 1.807) is 0 Å². The number of nitrogens with one attached hydrogen (secondary N) is 2. The van der Waals surface area contributed by atoms with Crippen LogP contribution in [0.1, 0.15) is 22.3 Å². The molecular formula is C26H24N6. The predicted octanol–water partition coefficient (Wildman–Crippen LogP) is 4.36. The zero-order chi connectivity index (χ0) is 21.8. The maximum atomic E-state index is 7.90. The fraction of sp³-hybridized carbons (Fsp3) is 0.154. The number of rotatable bonds is 2.